The maximum atomic E-state index is 11.9. The highest BCUT2D eigenvalue weighted by Gasteiger charge is 2.46. The molecule has 0 aliphatic carbocycles. The number of carbonyl (C=O) groups is 2. The molecule has 1 aliphatic rings. The molecule has 4 nitrogen and oxygen atoms in total. The van der Waals surface area contributed by atoms with Gasteiger partial charge in [0.2, 0.25) is 5.91 Å². The predicted octanol–water partition coefficient (Wildman–Crippen LogP) is 1.64. The Balaban J connectivity index is 2.22. The largest absolute Gasteiger partial charge is 0.497 e. The van der Waals surface area contributed by atoms with Gasteiger partial charge in [-0.3, -0.25) is 4.79 Å². The van der Waals surface area contributed by atoms with Gasteiger partial charge in [0.05, 0.1) is 13.0 Å². The number of aldehydes is 1. The van der Waals surface area contributed by atoms with Gasteiger partial charge in [-0.2, -0.15) is 0 Å². The average molecular weight is 233 g/mol. The minimum absolute atomic E-state index is 0.0229. The maximum Gasteiger partial charge on any atom is 0.233 e. The number of carbonyl (C=O) groups excluding carboxylic acids is 2. The van der Waals surface area contributed by atoms with Crippen molar-refractivity contribution in [2.45, 2.75) is 19.4 Å². The zero-order valence-corrected chi connectivity index (χ0v) is 9.92. The lowest BCUT2D eigenvalue weighted by Crippen LogP contribution is -2.62. The fourth-order valence-electron chi connectivity index (χ4n) is 2.18. The van der Waals surface area contributed by atoms with Crippen molar-refractivity contribution in [2.24, 2.45) is 5.92 Å². The molecule has 1 aromatic carbocycles. The predicted molar refractivity (Wildman–Crippen MR) is 64.1 cm³/mol. The lowest BCUT2D eigenvalue weighted by Gasteiger charge is -2.43. The van der Waals surface area contributed by atoms with Crippen molar-refractivity contribution in [3.63, 3.8) is 0 Å². The van der Waals surface area contributed by atoms with E-state index in [1.54, 1.807) is 36.3 Å². The number of hydrogen-bond donors (Lipinski definition) is 0. The van der Waals surface area contributed by atoms with Crippen LogP contribution in [-0.2, 0) is 9.59 Å². The SMILES string of the molecule is CCC1C(=O)N(c2ccc(OC)cc2)[C@@H]1C=O. The van der Waals surface area contributed by atoms with Crippen molar-refractivity contribution in [3.8, 4) is 5.75 Å². The van der Waals surface area contributed by atoms with E-state index in [0.717, 1.165) is 17.7 Å². The summed E-state index contributed by atoms with van der Waals surface area (Å²) in [5.74, 6) is 0.598. The van der Waals surface area contributed by atoms with E-state index >= 15 is 0 Å². The second kappa shape index (κ2) is 4.57. The Kier molecular flexibility index (Phi) is 3.13. The van der Waals surface area contributed by atoms with Crippen molar-refractivity contribution in [1.29, 1.82) is 0 Å². The van der Waals surface area contributed by atoms with Gasteiger partial charge in [0.25, 0.3) is 0 Å². The first kappa shape index (κ1) is 11.6. The molecular formula is C13H15NO3. The van der Waals surface area contributed by atoms with Crippen LogP contribution in [0.4, 0.5) is 5.69 Å². The van der Waals surface area contributed by atoms with Crippen molar-refractivity contribution in [2.75, 3.05) is 12.0 Å². The highest BCUT2D eigenvalue weighted by atomic mass is 16.5. The van der Waals surface area contributed by atoms with Crippen molar-refractivity contribution < 1.29 is 14.3 Å². The minimum atomic E-state index is -0.319. The molecule has 0 N–H and O–H groups in total. The van der Waals surface area contributed by atoms with Gasteiger partial charge in [0.15, 0.2) is 0 Å². The molecule has 1 unspecified atom stereocenters. The summed E-state index contributed by atoms with van der Waals surface area (Å²) in [6, 6.07) is 6.83. The lowest BCUT2D eigenvalue weighted by molar-refractivity contribution is -0.134. The average Bonchev–Trinajstić information content (AvgIpc) is 2.37. The Hall–Kier alpha value is -1.84. The zero-order valence-electron chi connectivity index (χ0n) is 9.92. The number of rotatable bonds is 4. The van der Waals surface area contributed by atoms with Crippen LogP contribution in [0.1, 0.15) is 13.3 Å². The maximum absolute atomic E-state index is 11.9. The molecule has 0 aromatic heterocycles. The second-order valence-electron chi connectivity index (χ2n) is 4.05. The smallest absolute Gasteiger partial charge is 0.233 e. The molecule has 1 aromatic rings. The van der Waals surface area contributed by atoms with Crippen molar-refractivity contribution in [3.05, 3.63) is 24.3 Å². The Morgan fingerprint density at radius 2 is 2.00 bits per heavy atom. The molecule has 2 atom stereocenters. The fourth-order valence-corrected chi connectivity index (χ4v) is 2.18. The number of amides is 1. The molecule has 1 saturated heterocycles. The summed E-state index contributed by atoms with van der Waals surface area (Å²) >= 11 is 0. The molecule has 17 heavy (non-hydrogen) atoms. The summed E-state index contributed by atoms with van der Waals surface area (Å²) in [6.45, 7) is 1.92. The highest BCUT2D eigenvalue weighted by molar-refractivity contribution is 6.08. The molecule has 2 rings (SSSR count). The first-order valence-electron chi connectivity index (χ1n) is 5.65. The summed E-state index contributed by atoms with van der Waals surface area (Å²) in [5.41, 5.74) is 0.748. The van der Waals surface area contributed by atoms with Crippen LogP contribution in [0, 0.1) is 5.92 Å². The highest BCUT2D eigenvalue weighted by Crippen LogP contribution is 2.34. The van der Waals surface area contributed by atoms with Gasteiger partial charge in [-0.15, -0.1) is 0 Å². The fraction of sp³-hybridized carbons (Fsp3) is 0.385. The van der Waals surface area contributed by atoms with Gasteiger partial charge < -0.3 is 14.4 Å². The molecule has 4 heteroatoms. The second-order valence-corrected chi connectivity index (χ2v) is 4.05. The topological polar surface area (TPSA) is 46.6 Å². The molecule has 0 radical (unpaired) electrons. The molecule has 1 amide bonds. The zero-order chi connectivity index (χ0) is 12.4. The molecule has 0 bridgehead atoms. The third-order valence-corrected chi connectivity index (χ3v) is 3.19. The Bertz CT molecular complexity index is 427. The molecular weight excluding hydrogens is 218 g/mol. The molecule has 1 heterocycles. The van der Waals surface area contributed by atoms with Gasteiger partial charge in [-0.25, -0.2) is 0 Å². The number of methoxy groups -OCH3 is 1. The van der Waals surface area contributed by atoms with Crippen LogP contribution in [0.3, 0.4) is 0 Å². The summed E-state index contributed by atoms with van der Waals surface area (Å²) < 4.78 is 5.05. The minimum Gasteiger partial charge on any atom is -0.497 e. The van der Waals surface area contributed by atoms with Crippen molar-refractivity contribution in [1.82, 2.24) is 0 Å². The number of β-lactam (4-membered cyclic amide) rings is 1. The lowest BCUT2D eigenvalue weighted by atomic mass is 9.85. The summed E-state index contributed by atoms with van der Waals surface area (Å²) in [4.78, 5) is 24.4. The van der Waals surface area contributed by atoms with Crippen molar-refractivity contribution >= 4 is 17.9 Å². The standard InChI is InChI=1S/C13H15NO3/c1-3-11-12(8-15)14(13(11)16)9-4-6-10(17-2)7-5-9/h4-8,11-12H,3H2,1-2H3/t11?,12-/m1/s1. The Morgan fingerprint density at radius 3 is 2.47 bits per heavy atom. The van der Waals surface area contributed by atoms with Gasteiger partial charge in [0.1, 0.15) is 18.1 Å². The summed E-state index contributed by atoms with van der Waals surface area (Å²) in [5, 5.41) is 0. The van der Waals surface area contributed by atoms with Crippen LogP contribution in [0.5, 0.6) is 5.75 Å². The van der Waals surface area contributed by atoms with E-state index < -0.39 is 0 Å². The van der Waals surface area contributed by atoms with Crippen LogP contribution in [0.25, 0.3) is 0 Å². The quantitative estimate of drug-likeness (QED) is 0.586. The summed E-state index contributed by atoms with van der Waals surface area (Å²) in [7, 11) is 1.59. The molecule has 90 valence electrons. The third-order valence-electron chi connectivity index (χ3n) is 3.19. The number of hydrogen-bond acceptors (Lipinski definition) is 3. The number of anilines is 1. The van der Waals surface area contributed by atoms with Gasteiger partial charge in [-0.05, 0) is 30.7 Å². The van der Waals surface area contributed by atoms with E-state index in [2.05, 4.69) is 0 Å². The molecule has 1 fully saturated rings. The van der Waals surface area contributed by atoms with E-state index in [0.29, 0.717) is 6.42 Å². The molecule has 0 spiro atoms. The van der Waals surface area contributed by atoms with Gasteiger partial charge in [-0.1, -0.05) is 6.92 Å². The first-order valence-corrected chi connectivity index (χ1v) is 5.65. The summed E-state index contributed by atoms with van der Waals surface area (Å²) in [6.07, 6.45) is 1.55. The molecule has 1 aliphatic heterocycles. The van der Waals surface area contributed by atoms with Crippen LogP contribution in [-0.4, -0.2) is 25.3 Å². The Morgan fingerprint density at radius 1 is 1.35 bits per heavy atom. The van der Waals surface area contributed by atoms with E-state index in [1.165, 1.54) is 0 Å². The first-order chi connectivity index (χ1) is 8.22. The van der Waals surface area contributed by atoms with Crippen LogP contribution < -0.4 is 9.64 Å². The number of ether oxygens (including phenoxy) is 1. The van der Waals surface area contributed by atoms with Crippen LogP contribution >= 0.6 is 0 Å². The normalized spacial score (nSPS) is 23.2. The van der Waals surface area contributed by atoms with E-state index in [1.807, 2.05) is 6.92 Å². The van der Waals surface area contributed by atoms with Gasteiger partial charge >= 0.3 is 0 Å². The van der Waals surface area contributed by atoms with Crippen LogP contribution in [0.15, 0.2) is 24.3 Å². The third kappa shape index (κ3) is 1.79. The van der Waals surface area contributed by atoms with Crippen LogP contribution in [0.2, 0.25) is 0 Å². The molecule has 0 saturated carbocycles. The number of benzene rings is 1. The number of nitrogens with zero attached hydrogens (tertiary/aromatic N) is 1. The van der Waals surface area contributed by atoms with Gasteiger partial charge in [0, 0.05) is 5.69 Å². The van der Waals surface area contributed by atoms with E-state index in [4.69, 9.17) is 4.74 Å². The monoisotopic (exact) mass is 233 g/mol. The Labute approximate surface area is 100 Å². The van der Waals surface area contributed by atoms with E-state index in [-0.39, 0.29) is 17.9 Å². The van der Waals surface area contributed by atoms with E-state index in [9.17, 15) is 9.59 Å².